The standard InChI is InChI=1S/C5H5N3O/c6-1-4-3-9-8-5(4)2-7/h3H,1,6H2. The summed E-state index contributed by atoms with van der Waals surface area (Å²) in [6, 6.07) is 1.84. The van der Waals surface area contributed by atoms with Crippen LogP contribution in [0.3, 0.4) is 0 Å². The first-order chi connectivity index (χ1) is 4.38. The number of hydrogen-bond acceptors (Lipinski definition) is 4. The Morgan fingerprint density at radius 2 is 2.67 bits per heavy atom. The number of nitrogens with two attached hydrogens (primary N) is 1. The fourth-order valence-corrected chi connectivity index (χ4v) is 0.494. The molecule has 0 radical (unpaired) electrons. The van der Waals surface area contributed by atoms with E-state index >= 15 is 0 Å². The van der Waals surface area contributed by atoms with Crippen LogP contribution in [0.4, 0.5) is 0 Å². The number of aromatic nitrogens is 1. The maximum atomic E-state index is 8.31. The van der Waals surface area contributed by atoms with Crippen molar-refractivity contribution in [3.63, 3.8) is 0 Å². The van der Waals surface area contributed by atoms with Gasteiger partial charge in [-0.1, -0.05) is 5.16 Å². The quantitative estimate of drug-likeness (QED) is 0.570. The van der Waals surface area contributed by atoms with Crippen molar-refractivity contribution in [2.75, 3.05) is 0 Å². The van der Waals surface area contributed by atoms with Gasteiger partial charge in [-0.15, -0.1) is 0 Å². The summed E-state index contributed by atoms with van der Waals surface area (Å²) in [7, 11) is 0. The second kappa shape index (κ2) is 2.29. The molecule has 0 spiro atoms. The van der Waals surface area contributed by atoms with E-state index in [9.17, 15) is 0 Å². The molecule has 0 atom stereocenters. The van der Waals surface area contributed by atoms with Gasteiger partial charge in [0.15, 0.2) is 5.69 Å². The third-order valence-electron chi connectivity index (χ3n) is 0.969. The molecule has 0 amide bonds. The number of rotatable bonds is 1. The molecule has 0 aliphatic heterocycles. The Balaban J connectivity index is 3.02. The van der Waals surface area contributed by atoms with Gasteiger partial charge in [-0.3, -0.25) is 0 Å². The van der Waals surface area contributed by atoms with Crippen LogP contribution >= 0.6 is 0 Å². The molecule has 0 aliphatic rings. The lowest BCUT2D eigenvalue weighted by Crippen LogP contribution is -1.96. The Hall–Kier alpha value is -1.34. The fraction of sp³-hybridized carbons (Fsp3) is 0.200. The summed E-state index contributed by atoms with van der Waals surface area (Å²) in [5, 5.41) is 11.7. The highest BCUT2D eigenvalue weighted by Gasteiger charge is 2.02. The summed E-state index contributed by atoms with van der Waals surface area (Å²) in [6.45, 7) is 0.298. The highest BCUT2D eigenvalue weighted by atomic mass is 16.5. The van der Waals surface area contributed by atoms with Crippen LogP contribution in [0.1, 0.15) is 11.3 Å². The van der Waals surface area contributed by atoms with E-state index in [2.05, 4.69) is 9.68 Å². The molecule has 0 fully saturated rings. The van der Waals surface area contributed by atoms with Crippen molar-refractivity contribution in [1.29, 1.82) is 5.26 Å². The van der Waals surface area contributed by atoms with Crippen LogP contribution in [0.2, 0.25) is 0 Å². The Kier molecular flexibility index (Phi) is 1.47. The van der Waals surface area contributed by atoms with Crippen LogP contribution in [0.5, 0.6) is 0 Å². The smallest absolute Gasteiger partial charge is 0.187 e. The summed E-state index contributed by atoms with van der Waals surface area (Å²) in [6.07, 6.45) is 1.37. The Bertz CT molecular complexity index is 235. The lowest BCUT2D eigenvalue weighted by molar-refractivity contribution is 0.417. The van der Waals surface area contributed by atoms with E-state index in [1.165, 1.54) is 6.26 Å². The van der Waals surface area contributed by atoms with Gasteiger partial charge in [0.1, 0.15) is 12.3 Å². The van der Waals surface area contributed by atoms with E-state index in [0.29, 0.717) is 12.1 Å². The molecule has 1 heterocycles. The van der Waals surface area contributed by atoms with E-state index in [4.69, 9.17) is 11.0 Å². The van der Waals surface area contributed by atoms with Crippen LogP contribution in [-0.4, -0.2) is 5.16 Å². The Labute approximate surface area is 51.9 Å². The normalized spacial score (nSPS) is 8.89. The molecule has 9 heavy (non-hydrogen) atoms. The molecule has 0 saturated carbocycles. The first-order valence-electron chi connectivity index (χ1n) is 2.42. The minimum atomic E-state index is 0.275. The first-order valence-corrected chi connectivity index (χ1v) is 2.42. The van der Waals surface area contributed by atoms with Gasteiger partial charge in [-0.05, 0) is 0 Å². The zero-order chi connectivity index (χ0) is 6.69. The average molecular weight is 123 g/mol. The van der Waals surface area contributed by atoms with Gasteiger partial charge in [-0.25, -0.2) is 0 Å². The van der Waals surface area contributed by atoms with E-state index < -0.39 is 0 Å². The molecule has 0 saturated heterocycles. The lowest BCUT2D eigenvalue weighted by Gasteiger charge is -1.81. The highest BCUT2D eigenvalue weighted by Crippen LogP contribution is 2.01. The van der Waals surface area contributed by atoms with Crippen molar-refractivity contribution in [3.8, 4) is 6.07 Å². The van der Waals surface area contributed by atoms with Gasteiger partial charge in [0, 0.05) is 12.1 Å². The second-order valence-corrected chi connectivity index (χ2v) is 1.50. The van der Waals surface area contributed by atoms with Crippen molar-refractivity contribution >= 4 is 0 Å². The summed E-state index contributed by atoms with van der Waals surface area (Å²) in [4.78, 5) is 0. The van der Waals surface area contributed by atoms with Crippen LogP contribution < -0.4 is 5.73 Å². The van der Waals surface area contributed by atoms with E-state index in [0.717, 1.165) is 0 Å². The molecular formula is C5H5N3O. The Morgan fingerprint density at radius 1 is 1.89 bits per heavy atom. The van der Waals surface area contributed by atoms with Crippen molar-refractivity contribution in [1.82, 2.24) is 5.16 Å². The molecular weight excluding hydrogens is 118 g/mol. The molecule has 0 unspecified atom stereocenters. The largest absolute Gasteiger partial charge is 0.363 e. The average Bonchev–Trinajstić information content (AvgIpc) is 2.33. The van der Waals surface area contributed by atoms with E-state index in [-0.39, 0.29) is 5.69 Å². The summed E-state index contributed by atoms with van der Waals surface area (Å²) in [5.74, 6) is 0. The zero-order valence-corrected chi connectivity index (χ0v) is 4.66. The van der Waals surface area contributed by atoms with Gasteiger partial charge in [-0.2, -0.15) is 5.26 Å². The molecule has 0 aromatic carbocycles. The minimum absolute atomic E-state index is 0.275. The van der Waals surface area contributed by atoms with Crippen LogP contribution in [-0.2, 0) is 6.54 Å². The fourth-order valence-electron chi connectivity index (χ4n) is 0.494. The summed E-state index contributed by atoms with van der Waals surface area (Å²) >= 11 is 0. The number of hydrogen-bond donors (Lipinski definition) is 1. The molecule has 1 rings (SSSR count). The number of nitrogens with zero attached hydrogens (tertiary/aromatic N) is 2. The second-order valence-electron chi connectivity index (χ2n) is 1.50. The molecule has 2 N–H and O–H groups in total. The SMILES string of the molecule is N#Cc1nocc1CN. The van der Waals surface area contributed by atoms with Gasteiger partial charge in [0.25, 0.3) is 0 Å². The predicted molar refractivity (Wildman–Crippen MR) is 29.1 cm³/mol. The summed E-state index contributed by atoms with van der Waals surface area (Å²) in [5.41, 5.74) is 6.15. The van der Waals surface area contributed by atoms with Gasteiger partial charge in [0.2, 0.25) is 0 Å². The molecule has 0 bridgehead atoms. The van der Waals surface area contributed by atoms with Gasteiger partial charge in [0.05, 0.1) is 0 Å². The van der Waals surface area contributed by atoms with Crippen molar-refractivity contribution in [2.24, 2.45) is 5.73 Å². The topological polar surface area (TPSA) is 75.8 Å². The zero-order valence-electron chi connectivity index (χ0n) is 4.66. The van der Waals surface area contributed by atoms with Crippen LogP contribution in [0.15, 0.2) is 10.8 Å². The maximum Gasteiger partial charge on any atom is 0.187 e. The molecule has 46 valence electrons. The maximum absolute atomic E-state index is 8.31. The van der Waals surface area contributed by atoms with Crippen LogP contribution in [0.25, 0.3) is 0 Å². The molecule has 0 aliphatic carbocycles. The third kappa shape index (κ3) is 0.902. The number of nitriles is 1. The molecule has 4 nitrogen and oxygen atoms in total. The highest BCUT2D eigenvalue weighted by molar-refractivity contribution is 5.26. The molecule has 4 heteroatoms. The first kappa shape index (κ1) is 5.79. The lowest BCUT2D eigenvalue weighted by atomic mass is 10.3. The summed E-state index contributed by atoms with van der Waals surface area (Å²) < 4.78 is 4.47. The predicted octanol–water partition coefficient (Wildman–Crippen LogP) is 0.00498. The monoisotopic (exact) mass is 123 g/mol. The van der Waals surface area contributed by atoms with Crippen LogP contribution in [0, 0.1) is 11.3 Å². The van der Waals surface area contributed by atoms with Crippen molar-refractivity contribution < 1.29 is 4.52 Å². The van der Waals surface area contributed by atoms with Crippen molar-refractivity contribution in [3.05, 3.63) is 17.5 Å². The Morgan fingerprint density at radius 3 is 3.11 bits per heavy atom. The molecule has 1 aromatic heterocycles. The third-order valence-corrected chi connectivity index (χ3v) is 0.969. The minimum Gasteiger partial charge on any atom is -0.363 e. The van der Waals surface area contributed by atoms with Gasteiger partial charge >= 0.3 is 0 Å². The van der Waals surface area contributed by atoms with Gasteiger partial charge < -0.3 is 10.3 Å². The van der Waals surface area contributed by atoms with E-state index in [1.807, 2.05) is 6.07 Å². The van der Waals surface area contributed by atoms with E-state index in [1.54, 1.807) is 0 Å². The molecule has 1 aromatic rings. The van der Waals surface area contributed by atoms with Crippen molar-refractivity contribution in [2.45, 2.75) is 6.54 Å².